The summed E-state index contributed by atoms with van der Waals surface area (Å²) in [6, 6.07) is 8.04. The molecule has 2 aromatic rings. The van der Waals surface area contributed by atoms with Gasteiger partial charge in [0.25, 0.3) is 0 Å². The molecule has 138 valence electrons. The monoisotopic (exact) mass is 356 g/mol. The maximum atomic E-state index is 11.5. The summed E-state index contributed by atoms with van der Waals surface area (Å²) in [7, 11) is 1.38. The molecule has 2 atom stereocenters. The van der Waals surface area contributed by atoms with Crippen molar-refractivity contribution in [2.24, 2.45) is 0 Å². The lowest BCUT2D eigenvalue weighted by molar-refractivity contribution is -0.139. The van der Waals surface area contributed by atoms with Crippen LogP contribution >= 0.6 is 0 Å². The lowest BCUT2D eigenvalue weighted by Gasteiger charge is -2.27. The predicted molar refractivity (Wildman–Crippen MR) is 96.8 cm³/mol. The Balaban J connectivity index is 1.70. The molecule has 1 fully saturated rings. The van der Waals surface area contributed by atoms with Gasteiger partial charge in [-0.3, -0.25) is 20.1 Å². The van der Waals surface area contributed by atoms with Crippen molar-refractivity contribution in [2.45, 2.75) is 24.9 Å². The van der Waals surface area contributed by atoms with Gasteiger partial charge in [-0.15, -0.1) is 0 Å². The van der Waals surface area contributed by atoms with Gasteiger partial charge in [0.1, 0.15) is 12.4 Å². The summed E-state index contributed by atoms with van der Waals surface area (Å²) in [5.74, 6) is 0.412. The zero-order chi connectivity index (χ0) is 18.2. The Hall–Kier alpha value is -2.51. The fourth-order valence-corrected chi connectivity index (χ4v) is 2.71. The molecule has 0 radical (unpaired) electrons. The summed E-state index contributed by atoms with van der Waals surface area (Å²) in [5.41, 5.74) is 1.87. The molecule has 1 saturated heterocycles. The molecule has 7 nitrogen and oxygen atoms in total. The topological polar surface area (TPSA) is 85.4 Å². The third-order valence-electron chi connectivity index (χ3n) is 4.37. The first kappa shape index (κ1) is 18.3. The van der Waals surface area contributed by atoms with Crippen molar-refractivity contribution in [3.8, 4) is 5.75 Å². The summed E-state index contributed by atoms with van der Waals surface area (Å²) < 4.78 is 10.6. The van der Waals surface area contributed by atoms with E-state index in [0.29, 0.717) is 19.1 Å². The minimum atomic E-state index is -0.313. The van der Waals surface area contributed by atoms with Crippen LogP contribution in [0.4, 0.5) is 0 Å². The van der Waals surface area contributed by atoms with E-state index >= 15 is 0 Å². The van der Waals surface area contributed by atoms with Crippen LogP contribution < -0.4 is 15.4 Å². The molecule has 0 amide bonds. The van der Waals surface area contributed by atoms with Gasteiger partial charge in [0.05, 0.1) is 19.9 Å². The van der Waals surface area contributed by atoms with Crippen LogP contribution in [0.3, 0.4) is 0 Å². The lowest BCUT2D eigenvalue weighted by atomic mass is 10.0. The van der Waals surface area contributed by atoms with E-state index in [4.69, 9.17) is 9.47 Å². The number of esters is 1. The van der Waals surface area contributed by atoms with Crippen LogP contribution in [0.15, 0.2) is 42.9 Å². The Morgan fingerprint density at radius 3 is 3.00 bits per heavy atom. The second kappa shape index (κ2) is 9.26. The highest BCUT2D eigenvalue weighted by atomic mass is 16.5. The van der Waals surface area contributed by atoms with Crippen LogP contribution in [-0.4, -0.2) is 48.8 Å². The number of nitrogens with zero attached hydrogens (tertiary/aromatic N) is 2. The molecule has 3 heterocycles. The van der Waals surface area contributed by atoms with E-state index in [0.717, 1.165) is 30.0 Å². The molecule has 0 bridgehead atoms. The quantitative estimate of drug-likeness (QED) is 0.654. The van der Waals surface area contributed by atoms with Gasteiger partial charge in [-0.2, -0.15) is 0 Å². The molecular weight excluding hydrogens is 332 g/mol. The molecule has 0 spiro atoms. The molecule has 26 heavy (non-hydrogen) atoms. The third-order valence-corrected chi connectivity index (χ3v) is 4.37. The van der Waals surface area contributed by atoms with Crippen LogP contribution in [0.25, 0.3) is 0 Å². The number of methoxy groups -OCH3 is 1. The minimum absolute atomic E-state index is 0.116. The maximum Gasteiger partial charge on any atom is 0.319 e. The fourth-order valence-electron chi connectivity index (χ4n) is 2.71. The van der Waals surface area contributed by atoms with Gasteiger partial charge in [0.15, 0.2) is 0 Å². The normalized spacial score (nSPS) is 17.2. The van der Waals surface area contributed by atoms with Gasteiger partial charge in [-0.05, 0) is 36.7 Å². The van der Waals surface area contributed by atoms with Crippen LogP contribution in [0.2, 0.25) is 0 Å². The van der Waals surface area contributed by atoms with Crippen LogP contribution in [0.5, 0.6) is 5.75 Å². The summed E-state index contributed by atoms with van der Waals surface area (Å²) in [6.07, 6.45) is 7.02. The Labute approximate surface area is 153 Å². The second-order valence-corrected chi connectivity index (χ2v) is 6.24. The van der Waals surface area contributed by atoms with Crippen molar-refractivity contribution < 1.29 is 14.3 Å². The SMILES string of the molecule is COC(=O)CNC(Cc1ccccn1)c1cncc(OC[C@@H]2CCN2)c1. The van der Waals surface area contributed by atoms with Gasteiger partial charge in [0.2, 0.25) is 0 Å². The number of nitrogens with one attached hydrogen (secondary N) is 2. The van der Waals surface area contributed by atoms with Crippen molar-refractivity contribution >= 4 is 5.97 Å². The van der Waals surface area contributed by atoms with E-state index in [1.54, 1.807) is 18.6 Å². The van der Waals surface area contributed by atoms with E-state index in [1.165, 1.54) is 7.11 Å². The largest absolute Gasteiger partial charge is 0.490 e. The molecule has 2 N–H and O–H groups in total. The number of carbonyl (C=O) groups excluding carboxylic acids is 1. The van der Waals surface area contributed by atoms with Crippen molar-refractivity contribution in [3.05, 3.63) is 54.1 Å². The zero-order valence-electron chi connectivity index (χ0n) is 14.9. The molecule has 1 unspecified atom stereocenters. The number of pyridine rings is 2. The first-order valence-corrected chi connectivity index (χ1v) is 8.76. The highest BCUT2D eigenvalue weighted by Crippen LogP contribution is 2.21. The maximum absolute atomic E-state index is 11.5. The molecule has 1 aliphatic heterocycles. The third kappa shape index (κ3) is 5.24. The number of hydrogen-bond donors (Lipinski definition) is 2. The fraction of sp³-hybridized carbons (Fsp3) is 0.421. The standard InChI is InChI=1S/C19H24N4O3/c1-25-19(24)12-23-18(9-15-4-2-3-6-21-15)14-8-17(11-20-10-14)26-13-16-5-7-22-16/h2-4,6,8,10-11,16,18,22-23H,5,7,9,12-13H2,1H3/t16-,18?/m0/s1. The van der Waals surface area contributed by atoms with Gasteiger partial charge in [0, 0.05) is 36.6 Å². The van der Waals surface area contributed by atoms with Crippen molar-refractivity contribution in [1.82, 2.24) is 20.6 Å². The highest BCUT2D eigenvalue weighted by molar-refractivity contribution is 5.71. The summed E-state index contributed by atoms with van der Waals surface area (Å²) in [6.45, 7) is 1.80. The van der Waals surface area contributed by atoms with E-state index in [-0.39, 0.29) is 18.6 Å². The number of hydrogen-bond acceptors (Lipinski definition) is 7. The van der Waals surface area contributed by atoms with Crippen LogP contribution in [-0.2, 0) is 16.0 Å². The Bertz CT molecular complexity index is 707. The van der Waals surface area contributed by atoms with Gasteiger partial charge in [-0.1, -0.05) is 6.07 Å². The van der Waals surface area contributed by atoms with Gasteiger partial charge < -0.3 is 14.8 Å². The highest BCUT2D eigenvalue weighted by Gasteiger charge is 2.18. The number of ether oxygens (including phenoxy) is 2. The number of carbonyl (C=O) groups is 1. The summed E-state index contributed by atoms with van der Waals surface area (Å²) in [5, 5.41) is 6.53. The van der Waals surface area contributed by atoms with E-state index in [2.05, 4.69) is 20.6 Å². The molecule has 3 rings (SSSR count). The Morgan fingerprint density at radius 1 is 1.42 bits per heavy atom. The van der Waals surface area contributed by atoms with Crippen LogP contribution in [0.1, 0.15) is 23.7 Å². The molecule has 0 aliphatic carbocycles. The smallest absolute Gasteiger partial charge is 0.319 e. The second-order valence-electron chi connectivity index (χ2n) is 6.24. The molecular formula is C19H24N4O3. The average Bonchev–Trinajstić information content (AvgIpc) is 2.64. The minimum Gasteiger partial charge on any atom is -0.490 e. The molecule has 1 aliphatic rings. The van der Waals surface area contributed by atoms with Gasteiger partial charge in [-0.25, -0.2) is 0 Å². The predicted octanol–water partition coefficient (Wildman–Crippen LogP) is 1.26. The van der Waals surface area contributed by atoms with Crippen molar-refractivity contribution in [2.75, 3.05) is 26.8 Å². The van der Waals surface area contributed by atoms with E-state index in [1.807, 2.05) is 24.3 Å². The summed E-state index contributed by atoms with van der Waals surface area (Å²) in [4.78, 5) is 20.2. The van der Waals surface area contributed by atoms with Gasteiger partial charge >= 0.3 is 5.97 Å². The van der Waals surface area contributed by atoms with Crippen molar-refractivity contribution in [1.29, 1.82) is 0 Å². The first-order chi connectivity index (χ1) is 12.7. The molecule has 0 aromatic carbocycles. The number of rotatable bonds is 9. The summed E-state index contributed by atoms with van der Waals surface area (Å²) >= 11 is 0. The molecule has 0 saturated carbocycles. The first-order valence-electron chi connectivity index (χ1n) is 8.76. The Kier molecular flexibility index (Phi) is 6.51. The van der Waals surface area contributed by atoms with Crippen molar-refractivity contribution in [3.63, 3.8) is 0 Å². The average molecular weight is 356 g/mol. The Morgan fingerprint density at radius 2 is 2.31 bits per heavy atom. The number of aromatic nitrogens is 2. The van der Waals surface area contributed by atoms with Crippen LogP contribution in [0, 0.1) is 0 Å². The molecule has 7 heteroatoms. The molecule has 2 aromatic heterocycles. The van der Waals surface area contributed by atoms with E-state index in [9.17, 15) is 4.79 Å². The van der Waals surface area contributed by atoms with E-state index < -0.39 is 0 Å². The zero-order valence-corrected chi connectivity index (χ0v) is 14.9. The lowest BCUT2D eigenvalue weighted by Crippen LogP contribution is -2.46.